The summed E-state index contributed by atoms with van der Waals surface area (Å²) < 4.78 is 12.9. The number of nitrogens with two attached hydrogens (primary N) is 1. The molecule has 0 bridgehead atoms. The fourth-order valence-corrected chi connectivity index (χ4v) is 4.35. The Hall–Kier alpha value is -4.76. The Morgan fingerprint density at radius 2 is 1.88 bits per heavy atom. The summed E-state index contributed by atoms with van der Waals surface area (Å²) in [4.78, 5) is 26.4. The number of benzene rings is 2. The standard InChI is InChI=1S/C31H32N6O3/c1-20-23(11-8-12-25(20)40-18-15-31(2,3)32)34-30-33-16-14-24(35-30)28-27(36-26-13-5-6-17-37(26)28)21-9-7-10-22(19-21)29(38)39-4/h5-14,16-17,19H,15,18,32H2,1-4H3,(H,33,34,35). The molecule has 0 saturated heterocycles. The summed E-state index contributed by atoms with van der Waals surface area (Å²) in [5.74, 6) is 0.801. The number of pyridine rings is 1. The van der Waals surface area contributed by atoms with Crippen molar-refractivity contribution < 1.29 is 14.3 Å². The fourth-order valence-electron chi connectivity index (χ4n) is 4.35. The third-order valence-electron chi connectivity index (χ3n) is 6.52. The van der Waals surface area contributed by atoms with E-state index in [9.17, 15) is 4.79 Å². The molecule has 5 rings (SSSR count). The van der Waals surface area contributed by atoms with Crippen molar-refractivity contribution >= 4 is 23.3 Å². The maximum absolute atomic E-state index is 12.2. The van der Waals surface area contributed by atoms with Gasteiger partial charge in [0.15, 0.2) is 0 Å². The molecule has 0 amide bonds. The Morgan fingerprint density at radius 1 is 1.05 bits per heavy atom. The van der Waals surface area contributed by atoms with Gasteiger partial charge in [0.1, 0.15) is 11.4 Å². The molecule has 0 aliphatic heterocycles. The van der Waals surface area contributed by atoms with E-state index < -0.39 is 5.97 Å². The van der Waals surface area contributed by atoms with Crippen molar-refractivity contribution in [3.63, 3.8) is 0 Å². The molecule has 0 unspecified atom stereocenters. The van der Waals surface area contributed by atoms with Crippen molar-refractivity contribution in [1.82, 2.24) is 19.4 Å². The van der Waals surface area contributed by atoms with E-state index in [2.05, 4.69) is 10.3 Å². The summed E-state index contributed by atoms with van der Waals surface area (Å²) in [5, 5.41) is 3.34. The lowest BCUT2D eigenvalue weighted by atomic mass is 10.0. The van der Waals surface area contributed by atoms with Crippen molar-refractivity contribution in [3.05, 3.63) is 90.3 Å². The number of aromatic nitrogens is 4. The van der Waals surface area contributed by atoms with Crippen LogP contribution in [0.25, 0.3) is 28.3 Å². The minimum Gasteiger partial charge on any atom is -0.493 e. The third kappa shape index (κ3) is 5.79. The highest BCUT2D eigenvalue weighted by atomic mass is 16.5. The van der Waals surface area contributed by atoms with Crippen LogP contribution in [-0.4, -0.2) is 44.6 Å². The predicted octanol–water partition coefficient (Wildman–Crippen LogP) is 5.80. The van der Waals surface area contributed by atoms with Gasteiger partial charge in [-0.15, -0.1) is 0 Å². The number of nitrogens with zero attached hydrogens (tertiary/aromatic N) is 4. The first-order chi connectivity index (χ1) is 19.2. The highest BCUT2D eigenvalue weighted by Crippen LogP contribution is 2.33. The molecule has 5 aromatic rings. The molecule has 0 fully saturated rings. The lowest BCUT2D eigenvalue weighted by molar-refractivity contribution is 0.0600. The number of methoxy groups -OCH3 is 1. The summed E-state index contributed by atoms with van der Waals surface area (Å²) in [7, 11) is 1.37. The van der Waals surface area contributed by atoms with Gasteiger partial charge in [0.05, 0.1) is 36.4 Å². The van der Waals surface area contributed by atoms with E-state index in [1.54, 1.807) is 18.3 Å². The van der Waals surface area contributed by atoms with Crippen LogP contribution >= 0.6 is 0 Å². The molecule has 0 saturated carbocycles. The number of hydrogen-bond acceptors (Lipinski definition) is 8. The van der Waals surface area contributed by atoms with E-state index >= 15 is 0 Å². The van der Waals surface area contributed by atoms with Gasteiger partial charge >= 0.3 is 5.97 Å². The molecule has 3 heterocycles. The molecular weight excluding hydrogens is 504 g/mol. The van der Waals surface area contributed by atoms with E-state index in [0.717, 1.165) is 40.3 Å². The first-order valence-corrected chi connectivity index (χ1v) is 13.0. The van der Waals surface area contributed by atoms with Crippen LogP contribution in [0, 0.1) is 6.92 Å². The van der Waals surface area contributed by atoms with Crippen LogP contribution in [0.5, 0.6) is 5.75 Å². The second-order valence-corrected chi connectivity index (χ2v) is 10.2. The molecule has 0 aliphatic carbocycles. The molecular formula is C31H32N6O3. The summed E-state index contributed by atoms with van der Waals surface area (Å²) in [5.41, 5.74) is 11.7. The fraction of sp³-hybridized carbons (Fsp3) is 0.226. The van der Waals surface area contributed by atoms with Crippen LogP contribution in [-0.2, 0) is 4.74 Å². The first kappa shape index (κ1) is 26.8. The van der Waals surface area contributed by atoms with Crippen molar-refractivity contribution in [3.8, 4) is 28.4 Å². The van der Waals surface area contributed by atoms with Crippen molar-refractivity contribution in [1.29, 1.82) is 0 Å². The normalized spacial score (nSPS) is 11.4. The summed E-state index contributed by atoms with van der Waals surface area (Å²) >= 11 is 0. The van der Waals surface area contributed by atoms with Crippen LogP contribution in [0.15, 0.2) is 79.1 Å². The largest absolute Gasteiger partial charge is 0.493 e. The van der Waals surface area contributed by atoms with E-state index in [0.29, 0.717) is 29.5 Å². The van der Waals surface area contributed by atoms with Gasteiger partial charge in [0, 0.05) is 34.7 Å². The van der Waals surface area contributed by atoms with Crippen molar-refractivity contribution in [2.45, 2.75) is 32.7 Å². The van der Waals surface area contributed by atoms with Gasteiger partial charge in [0.2, 0.25) is 5.95 Å². The quantitative estimate of drug-likeness (QED) is 0.227. The van der Waals surface area contributed by atoms with Gasteiger partial charge in [-0.3, -0.25) is 4.40 Å². The van der Waals surface area contributed by atoms with E-state index in [-0.39, 0.29) is 5.54 Å². The Bertz CT molecular complexity index is 1670. The molecule has 9 nitrogen and oxygen atoms in total. The number of imidazole rings is 1. The molecule has 40 heavy (non-hydrogen) atoms. The van der Waals surface area contributed by atoms with Gasteiger partial charge in [-0.25, -0.2) is 19.7 Å². The zero-order chi connectivity index (χ0) is 28.3. The van der Waals surface area contributed by atoms with Crippen molar-refractivity contribution in [2.75, 3.05) is 19.0 Å². The van der Waals surface area contributed by atoms with Gasteiger partial charge < -0.3 is 20.5 Å². The minimum atomic E-state index is -0.408. The number of carbonyl (C=O) groups is 1. The van der Waals surface area contributed by atoms with Gasteiger partial charge in [-0.2, -0.15) is 0 Å². The molecule has 3 aromatic heterocycles. The minimum absolute atomic E-state index is 0.296. The van der Waals surface area contributed by atoms with Crippen LogP contribution in [0.1, 0.15) is 36.2 Å². The van der Waals surface area contributed by atoms with E-state index in [4.69, 9.17) is 25.2 Å². The molecule has 0 aliphatic rings. The van der Waals surface area contributed by atoms with Crippen LogP contribution in [0.3, 0.4) is 0 Å². The Labute approximate surface area is 233 Å². The zero-order valence-corrected chi connectivity index (χ0v) is 23.0. The molecule has 0 radical (unpaired) electrons. The Morgan fingerprint density at radius 3 is 2.67 bits per heavy atom. The maximum atomic E-state index is 12.2. The number of anilines is 2. The van der Waals surface area contributed by atoms with E-state index in [1.807, 2.05) is 86.0 Å². The van der Waals surface area contributed by atoms with Gasteiger partial charge in [-0.1, -0.05) is 24.3 Å². The number of fused-ring (bicyclic) bond motifs is 1. The van der Waals surface area contributed by atoms with Gasteiger partial charge in [0.25, 0.3) is 0 Å². The number of hydrogen-bond donors (Lipinski definition) is 2. The van der Waals surface area contributed by atoms with E-state index in [1.165, 1.54) is 7.11 Å². The average molecular weight is 537 g/mol. The smallest absolute Gasteiger partial charge is 0.337 e. The molecule has 9 heteroatoms. The summed E-state index contributed by atoms with van der Waals surface area (Å²) in [6.45, 7) is 6.48. The zero-order valence-electron chi connectivity index (χ0n) is 23.0. The summed E-state index contributed by atoms with van der Waals surface area (Å²) in [6, 6.07) is 20.7. The van der Waals surface area contributed by atoms with Gasteiger partial charge in [-0.05, 0) is 69.7 Å². The molecule has 0 spiro atoms. The van der Waals surface area contributed by atoms with Crippen molar-refractivity contribution in [2.24, 2.45) is 5.73 Å². The number of nitrogens with one attached hydrogen (secondary N) is 1. The van der Waals surface area contributed by atoms with Crippen LogP contribution in [0.4, 0.5) is 11.6 Å². The highest BCUT2D eigenvalue weighted by Gasteiger charge is 2.19. The summed E-state index contributed by atoms with van der Waals surface area (Å²) in [6.07, 6.45) is 4.38. The number of esters is 1. The Balaban J connectivity index is 1.50. The topological polar surface area (TPSA) is 117 Å². The SMILES string of the molecule is COC(=O)c1cccc(-c2nc3ccccn3c2-c2ccnc(Nc3cccc(OCCC(C)(C)N)c3C)n2)c1. The second-order valence-electron chi connectivity index (χ2n) is 10.2. The molecule has 204 valence electrons. The maximum Gasteiger partial charge on any atom is 0.337 e. The lowest BCUT2D eigenvalue weighted by Gasteiger charge is -2.19. The molecule has 2 aromatic carbocycles. The highest BCUT2D eigenvalue weighted by molar-refractivity contribution is 5.92. The number of ether oxygens (including phenoxy) is 2. The second kappa shape index (κ2) is 11.2. The monoisotopic (exact) mass is 536 g/mol. The predicted molar refractivity (Wildman–Crippen MR) is 156 cm³/mol. The van der Waals surface area contributed by atoms with Crippen LogP contribution < -0.4 is 15.8 Å². The van der Waals surface area contributed by atoms with Crippen LogP contribution in [0.2, 0.25) is 0 Å². The Kier molecular flexibility index (Phi) is 7.48. The first-order valence-electron chi connectivity index (χ1n) is 13.0. The lowest BCUT2D eigenvalue weighted by Crippen LogP contribution is -2.33. The molecule has 0 atom stereocenters. The molecule has 3 N–H and O–H groups in total. The number of carbonyl (C=O) groups excluding carboxylic acids is 1. The number of rotatable bonds is 9. The average Bonchev–Trinajstić information content (AvgIpc) is 3.34. The third-order valence-corrected chi connectivity index (χ3v) is 6.52.